The summed E-state index contributed by atoms with van der Waals surface area (Å²) in [7, 11) is 0. The molecule has 0 radical (unpaired) electrons. The lowest BCUT2D eigenvalue weighted by molar-refractivity contribution is 0.0990. The van der Waals surface area contributed by atoms with E-state index in [1.54, 1.807) is 0 Å². The maximum Gasteiger partial charge on any atom is 0.176 e. The molecule has 0 fully saturated rings. The molecule has 0 aromatic heterocycles. The van der Waals surface area contributed by atoms with E-state index >= 15 is 0 Å². The summed E-state index contributed by atoms with van der Waals surface area (Å²) in [5, 5.41) is 3.27. The minimum Gasteiger partial charge on any atom is -0.308 e. The highest BCUT2D eigenvalue weighted by Crippen LogP contribution is 2.22. The van der Waals surface area contributed by atoms with Gasteiger partial charge in [0.05, 0.1) is 6.54 Å². The van der Waals surface area contributed by atoms with Crippen molar-refractivity contribution in [3.05, 3.63) is 34.9 Å². The first-order valence-electron chi connectivity index (χ1n) is 8.32. The van der Waals surface area contributed by atoms with E-state index in [1.807, 2.05) is 6.07 Å². The molecule has 0 heterocycles. The van der Waals surface area contributed by atoms with E-state index in [-0.39, 0.29) is 5.78 Å². The normalized spacial score (nSPS) is 14.2. The fourth-order valence-electron chi connectivity index (χ4n) is 2.99. The van der Waals surface area contributed by atoms with Crippen LogP contribution in [0, 0.1) is 0 Å². The smallest absolute Gasteiger partial charge is 0.176 e. The van der Waals surface area contributed by atoms with E-state index in [0.29, 0.717) is 6.54 Å². The Bertz CT molecular complexity index is 466. The fraction of sp³-hybridized carbons (Fsp3) is 0.611. The van der Waals surface area contributed by atoms with Crippen LogP contribution in [0.1, 0.15) is 48.2 Å². The van der Waals surface area contributed by atoms with Crippen LogP contribution in [0.2, 0.25) is 0 Å². The summed E-state index contributed by atoms with van der Waals surface area (Å²) in [6.07, 6.45) is 4.84. The summed E-state index contributed by atoms with van der Waals surface area (Å²) in [6.45, 7) is 8.79. The molecule has 0 aliphatic heterocycles. The number of fused-ring (bicyclic) bond motifs is 1. The number of carbonyl (C=O) groups excluding carboxylic acids is 1. The Kier molecular flexibility index (Phi) is 6.40. The molecule has 1 aromatic rings. The van der Waals surface area contributed by atoms with Crippen LogP contribution in [0.25, 0.3) is 0 Å². The number of hydrogen-bond donors (Lipinski definition) is 1. The van der Waals surface area contributed by atoms with Crippen LogP contribution in [-0.2, 0) is 12.8 Å². The Labute approximate surface area is 128 Å². The first-order chi connectivity index (χ1) is 10.2. The summed E-state index contributed by atoms with van der Waals surface area (Å²) < 4.78 is 0. The quantitative estimate of drug-likeness (QED) is 0.589. The van der Waals surface area contributed by atoms with Crippen molar-refractivity contribution in [2.45, 2.75) is 39.5 Å². The van der Waals surface area contributed by atoms with Crippen molar-refractivity contribution in [2.75, 3.05) is 32.7 Å². The molecule has 0 saturated heterocycles. The van der Waals surface area contributed by atoms with Gasteiger partial charge in [-0.3, -0.25) is 4.79 Å². The van der Waals surface area contributed by atoms with Gasteiger partial charge in [0, 0.05) is 18.7 Å². The number of Topliss-reactive ketones (excluding diaryl/α,β-unsaturated/α-hetero) is 1. The molecule has 1 aliphatic rings. The van der Waals surface area contributed by atoms with Gasteiger partial charge in [0.25, 0.3) is 0 Å². The van der Waals surface area contributed by atoms with Crippen LogP contribution in [0.15, 0.2) is 18.2 Å². The van der Waals surface area contributed by atoms with E-state index < -0.39 is 0 Å². The van der Waals surface area contributed by atoms with Crippen molar-refractivity contribution in [1.29, 1.82) is 0 Å². The van der Waals surface area contributed by atoms with Gasteiger partial charge in [-0.25, -0.2) is 0 Å². The lowest BCUT2D eigenvalue weighted by Gasteiger charge is -2.18. The number of nitrogens with zero attached hydrogens (tertiary/aromatic N) is 1. The molecule has 0 saturated carbocycles. The van der Waals surface area contributed by atoms with Crippen molar-refractivity contribution in [3.8, 4) is 0 Å². The van der Waals surface area contributed by atoms with Crippen molar-refractivity contribution in [2.24, 2.45) is 0 Å². The molecule has 1 aliphatic carbocycles. The third kappa shape index (κ3) is 4.65. The number of benzene rings is 1. The topological polar surface area (TPSA) is 32.3 Å². The molecule has 0 amide bonds. The van der Waals surface area contributed by atoms with Crippen LogP contribution in [0.3, 0.4) is 0 Å². The second-order valence-corrected chi connectivity index (χ2v) is 5.82. The molecule has 0 unspecified atom stereocenters. The van der Waals surface area contributed by atoms with Gasteiger partial charge in [-0.1, -0.05) is 26.0 Å². The van der Waals surface area contributed by atoms with E-state index in [0.717, 1.165) is 38.2 Å². The van der Waals surface area contributed by atoms with Crippen LogP contribution in [0.5, 0.6) is 0 Å². The second-order valence-electron chi connectivity index (χ2n) is 5.82. The zero-order chi connectivity index (χ0) is 15.1. The number of hydrogen-bond acceptors (Lipinski definition) is 3. The molecule has 21 heavy (non-hydrogen) atoms. The molecule has 3 nitrogen and oxygen atoms in total. The number of ketones is 1. The SMILES string of the molecule is CCN(CC)CCNCC(=O)c1ccc2c(c1)CCCC2. The highest BCUT2D eigenvalue weighted by molar-refractivity contribution is 5.97. The van der Waals surface area contributed by atoms with Gasteiger partial charge in [0.15, 0.2) is 5.78 Å². The van der Waals surface area contributed by atoms with E-state index in [2.05, 4.69) is 36.2 Å². The van der Waals surface area contributed by atoms with Crippen molar-refractivity contribution < 1.29 is 4.79 Å². The highest BCUT2D eigenvalue weighted by atomic mass is 16.1. The third-order valence-electron chi connectivity index (χ3n) is 4.46. The average Bonchev–Trinajstić information content (AvgIpc) is 2.54. The highest BCUT2D eigenvalue weighted by Gasteiger charge is 2.12. The minimum absolute atomic E-state index is 0.211. The van der Waals surface area contributed by atoms with Crippen LogP contribution >= 0.6 is 0 Å². The van der Waals surface area contributed by atoms with Gasteiger partial charge in [-0.2, -0.15) is 0 Å². The fourth-order valence-corrected chi connectivity index (χ4v) is 2.99. The Hall–Kier alpha value is -1.19. The largest absolute Gasteiger partial charge is 0.308 e. The molecule has 1 aromatic carbocycles. The molecular formula is C18H28N2O. The standard InChI is InChI=1S/C18H28N2O/c1-3-20(4-2)12-11-19-14-18(21)17-10-9-15-7-5-6-8-16(15)13-17/h9-10,13,19H,3-8,11-12,14H2,1-2H3. The van der Waals surface area contributed by atoms with Gasteiger partial charge in [-0.15, -0.1) is 0 Å². The summed E-state index contributed by atoms with van der Waals surface area (Å²) in [6, 6.07) is 6.26. The average molecular weight is 288 g/mol. The molecule has 0 atom stereocenters. The summed E-state index contributed by atoms with van der Waals surface area (Å²) in [5.74, 6) is 0.211. The van der Waals surface area contributed by atoms with Crippen LogP contribution < -0.4 is 5.32 Å². The lowest BCUT2D eigenvalue weighted by atomic mass is 9.90. The molecule has 1 N–H and O–H groups in total. The Morgan fingerprint density at radius 2 is 1.86 bits per heavy atom. The minimum atomic E-state index is 0.211. The predicted molar refractivity (Wildman–Crippen MR) is 88.1 cm³/mol. The maximum absolute atomic E-state index is 12.2. The number of aryl methyl sites for hydroxylation is 2. The third-order valence-corrected chi connectivity index (χ3v) is 4.46. The van der Waals surface area contributed by atoms with Crippen molar-refractivity contribution in [1.82, 2.24) is 10.2 Å². The number of likely N-dealkylation sites (N-methyl/N-ethyl adjacent to an activating group) is 1. The van der Waals surface area contributed by atoms with E-state index in [9.17, 15) is 4.79 Å². The first-order valence-corrected chi connectivity index (χ1v) is 8.32. The second kappa shape index (κ2) is 8.30. The van der Waals surface area contributed by atoms with Crippen LogP contribution in [-0.4, -0.2) is 43.4 Å². The van der Waals surface area contributed by atoms with Crippen LogP contribution in [0.4, 0.5) is 0 Å². The van der Waals surface area contributed by atoms with Gasteiger partial charge in [-0.05, 0) is 56.0 Å². The monoisotopic (exact) mass is 288 g/mol. The maximum atomic E-state index is 12.2. The lowest BCUT2D eigenvalue weighted by Crippen LogP contribution is -2.34. The Morgan fingerprint density at radius 1 is 1.14 bits per heavy atom. The summed E-state index contributed by atoms with van der Waals surface area (Å²) >= 11 is 0. The molecule has 2 rings (SSSR count). The zero-order valence-electron chi connectivity index (χ0n) is 13.5. The predicted octanol–water partition coefficient (Wildman–Crippen LogP) is 2.68. The van der Waals surface area contributed by atoms with Gasteiger partial charge in [0.2, 0.25) is 0 Å². The zero-order valence-corrected chi connectivity index (χ0v) is 13.5. The van der Waals surface area contributed by atoms with Crippen molar-refractivity contribution in [3.63, 3.8) is 0 Å². The summed E-state index contributed by atoms with van der Waals surface area (Å²) in [5.41, 5.74) is 3.69. The number of carbonyl (C=O) groups is 1. The molecule has 116 valence electrons. The molecular weight excluding hydrogens is 260 g/mol. The number of rotatable bonds is 8. The van der Waals surface area contributed by atoms with E-state index in [1.165, 1.54) is 30.4 Å². The van der Waals surface area contributed by atoms with Gasteiger partial charge >= 0.3 is 0 Å². The summed E-state index contributed by atoms with van der Waals surface area (Å²) in [4.78, 5) is 14.6. The Balaban J connectivity index is 1.81. The molecule has 3 heteroatoms. The Morgan fingerprint density at radius 3 is 2.57 bits per heavy atom. The molecule has 0 spiro atoms. The first kappa shape index (κ1) is 16.2. The van der Waals surface area contributed by atoms with Crippen molar-refractivity contribution >= 4 is 5.78 Å². The number of nitrogens with one attached hydrogen (secondary N) is 1. The molecule has 0 bridgehead atoms. The van der Waals surface area contributed by atoms with Gasteiger partial charge < -0.3 is 10.2 Å². The van der Waals surface area contributed by atoms with Gasteiger partial charge in [0.1, 0.15) is 0 Å². The van der Waals surface area contributed by atoms with E-state index in [4.69, 9.17) is 0 Å².